The van der Waals surface area contributed by atoms with E-state index in [4.69, 9.17) is 0 Å². The van der Waals surface area contributed by atoms with Crippen molar-refractivity contribution in [2.45, 2.75) is 13.5 Å². The average molecular weight is 243 g/mol. The number of nitro benzene ring substituents is 1. The Bertz CT molecular complexity index is 570. The highest BCUT2D eigenvalue weighted by Crippen LogP contribution is 2.15. The molecule has 0 amide bonds. The molecule has 0 saturated carbocycles. The number of rotatable bonds is 4. The van der Waals surface area contributed by atoms with Gasteiger partial charge in [-0.25, -0.2) is 0 Å². The standard InChI is InChI=1S/C13H13N3O2/c1-10-5-12(9-14-7-10)15-8-11-3-2-4-13(6-11)16(17)18/h2-7,9,15H,8H2,1H3. The van der Waals surface area contributed by atoms with Crippen molar-refractivity contribution in [2.75, 3.05) is 5.32 Å². The summed E-state index contributed by atoms with van der Waals surface area (Å²) in [6, 6.07) is 8.56. The van der Waals surface area contributed by atoms with Crippen LogP contribution in [-0.2, 0) is 6.54 Å². The summed E-state index contributed by atoms with van der Waals surface area (Å²) in [6.07, 6.45) is 3.50. The average Bonchev–Trinajstić information content (AvgIpc) is 2.37. The van der Waals surface area contributed by atoms with E-state index in [9.17, 15) is 10.1 Å². The smallest absolute Gasteiger partial charge is 0.269 e. The molecule has 0 radical (unpaired) electrons. The van der Waals surface area contributed by atoms with Crippen LogP contribution < -0.4 is 5.32 Å². The van der Waals surface area contributed by atoms with Gasteiger partial charge in [-0.3, -0.25) is 15.1 Å². The third-order valence-corrected chi connectivity index (χ3v) is 2.49. The molecule has 2 aromatic rings. The first-order chi connectivity index (χ1) is 8.65. The Kier molecular flexibility index (Phi) is 3.52. The van der Waals surface area contributed by atoms with Gasteiger partial charge >= 0.3 is 0 Å². The molecule has 0 bridgehead atoms. The fourth-order valence-electron chi connectivity index (χ4n) is 1.64. The molecule has 0 atom stereocenters. The predicted octanol–water partition coefficient (Wildman–Crippen LogP) is 2.91. The zero-order valence-corrected chi connectivity index (χ0v) is 9.96. The number of nitro groups is 1. The number of anilines is 1. The minimum absolute atomic E-state index is 0.108. The van der Waals surface area contributed by atoms with Crippen LogP contribution in [0.25, 0.3) is 0 Å². The lowest BCUT2D eigenvalue weighted by atomic mass is 10.2. The molecule has 0 spiro atoms. The first-order valence-corrected chi connectivity index (χ1v) is 5.54. The molecular weight excluding hydrogens is 230 g/mol. The lowest BCUT2D eigenvalue weighted by Gasteiger charge is -2.06. The largest absolute Gasteiger partial charge is 0.380 e. The maximum absolute atomic E-state index is 10.6. The molecule has 0 aliphatic rings. The first kappa shape index (κ1) is 12.0. The lowest BCUT2D eigenvalue weighted by Crippen LogP contribution is -2.00. The SMILES string of the molecule is Cc1cncc(NCc2cccc([N+](=O)[O-])c2)c1. The molecule has 5 heteroatoms. The van der Waals surface area contributed by atoms with Gasteiger partial charge in [0.05, 0.1) is 10.6 Å². The number of hydrogen-bond acceptors (Lipinski definition) is 4. The molecule has 18 heavy (non-hydrogen) atoms. The number of aryl methyl sites for hydroxylation is 1. The van der Waals surface area contributed by atoms with Gasteiger partial charge in [0.1, 0.15) is 0 Å². The zero-order chi connectivity index (χ0) is 13.0. The van der Waals surface area contributed by atoms with Crippen molar-refractivity contribution in [2.24, 2.45) is 0 Å². The summed E-state index contributed by atoms with van der Waals surface area (Å²) >= 11 is 0. The molecule has 0 aliphatic heterocycles. The van der Waals surface area contributed by atoms with Gasteiger partial charge in [0, 0.05) is 31.1 Å². The van der Waals surface area contributed by atoms with Crippen molar-refractivity contribution in [3.8, 4) is 0 Å². The quantitative estimate of drug-likeness (QED) is 0.662. The van der Waals surface area contributed by atoms with E-state index < -0.39 is 4.92 Å². The first-order valence-electron chi connectivity index (χ1n) is 5.54. The van der Waals surface area contributed by atoms with Crippen LogP contribution in [0.2, 0.25) is 0 Å². The molecule has 2 rings (SSSR count). The molecule has 1 aromatic carbocycles. The molecule has 0 unspecified atom stereocenters. The molecule has 5 nitrogen and oxygen atoms in total. The molecule has 92 valence electrons. The van der Waals surface area contributed by atoms with Crippen molar-refractivity contribution in [1.29, 1.82) is 0 Å². The maximum Gasteiger partial charge on any atom is 0.269 e. The van der Waals surface area contributed by atoms with Crippen LogP contribution in [0.4, 0.5) is 11.4 Å². The van der Waals surface area contributed by atoms with Gasteiger partial charge < -0.3 is 5.32 Å². The Morgan fingerprint density at radius 1 is 1.33 bits per heavy atom. The molecule has 0 aliphatic carbocycles. The van der Waals surface area contributed by atoms with Crippen molar-refractivity contribution in [3.05, 3.63) is 64.0 Å². The van der Waals surface area contributed by atoms with Gasteiger partial charge in [0.25, 0.3) is 5.69 Å². The van der Waals surface area contributed by atoms with E-state index in [1.54, 1.807) is 24.5 Å². The van der Waals surface area contributed by atoms with Crippen molar-refractivity contribution in [1.82, 2.24) is 4.98 Å². The molecule has 1 aromatic heterocycles. The van der Waals surface area contributed by atoms with E-state index in [-0.39, 0.29) is 5.69 Å². The van der Waals surface area contributed by atoms with Crippen LogP contribution in [0.3, 0.4) is 0 Å². The number of benzene rings is 1. The van der Waals surface area contributed by atoms with E-state index in [1.165, 1.54) is 6.07 Å². The van der Waals surface area contributed by atoms with Gasteiger partial charge in [-0.15, -0.1) is 0 Å². The van der Waals surface area contributed by atoms with Gasteiger partial charge in [-0.1, -0.05) is 12.1 Å². The lowest BCUT2D eigenvalue weighted by molar-refractivity contribution is -0.384. The van der Waals surface area contributed by atoms with E-state index in [0.29, 0.717) is 6.54 Å². The topological polar surface area (TPSA) is 68.1 Å². The van der Waals surface area contributed by atoms with Crippen LogP contribution >= 0.6 is 0 Å². The second kappa shape index (κ2) is 5.27. The Hall–Kier alpha value is -2.43. The van der Waals surface area contributed by atoms with Crippen LogP contribution in [0.5, 0.6) is 0 Å². The van der Waals surface area contributed by atoms with Gasteiger partial charge in [0.2, 0.25) is 0 Å². The van der Waals surface area contributed by atoms with E-state index in [1.807, 2.05) is 19.1 Å². The third kappa shape index (κ3) is 3.04. The Labute approximate surface area is 105 Å². The van der Waals surface area contributed by atoms with Crippen LogP contribution in [0.1, 0.15) is 11.1 Å². The summed E-state index contributed by atoms with van der Waals surface area (Å²) in [5.41, 5.74) is 2.95. The molecule has 1 N–H and O–H groups in total. The van der Waals surface area contributed by atoms with Crippen molar-refractivity contribution >= 4 is 11.4 Å². The monoisotopic (exact) mass is 243 g/mol. The van der Waals surface area contributed by atoms with E-state index in [0.717, 1.165) is 16.8 Å². The second-order valence-corrected chi connectivity index (χ2v) is 4.03. The summed E-state index contributed by atoms with van der Waals surface area (Å²) < 4.78 is 0. The highest BCUT2D eigenvalue weighted by molar-refractivity contribution is 5.44. The Morgan fingerprint density at radius 2 is 2.17 bits per heavy atom. The van der Waals surface area contributed by atoms with Crippen LogP contribution in [-0.4, -0.2) is 9.91 Å². The second-order valence-electron chi connectivity index (χ2n) is 4.03. The fraction of sp³-hybridized carbons (Fsp3) is 0.154. The highest BCUT2D eigenvalue weighted by atomic mass is 16.6. The Morgan fingerprint density at radius 3 is 2.89 bits per heavy atom. The Balaban J connectivity index is 2.06. The molecule has 0 fully saturated rings. The van der Waals surface area contributed by atoms with Gasteiger partial charge in [-0.2, -0.15) is 0 Å². The number of nitrogens with one attached hydrogen (secondary N) is 1. The maximum atomic E-state index is 10.6. The summed E-state index contributed by atoms with van der Waals surface area (Å²) in [5.74, 6) is 0. The molecule has 0 saturated heterocycles. The number of pyridine rings is 1. The minimum atomic E-state index is -0.391. The van der Waals surface area contributed by atoms with Gasteiger partial charge in [0.15, 0.2) is 0 Å². The van der Waals surface area contributed by atoms with Gasteiger partial charge in [-0.05, 0) is 24.1 Å². The highest BCUT2D eigenvalue weighted by Gasteiger charge is 2.05. The zero-order valence-electron chi connectivity index (χ0n) is 9.96. The summed E-state index contributed by atoms with van der Waals surface area (Å²) in [4.78, 5) is 14.3. The summed E-state index contributed by atoms with van der Waals surface area (Å²) in [5, 5.41) is 13.8. The van der Waals surface area contributed by atoms with Crippen molar-refractivity contribution < 1.29 is 4.92 Å². The van der Waals surface area contributed by atoms with E-state index in [2.05, 4.69) is 10.3 Å². The number of non-ortho nitro benzene ring substituents is 1. The predicted molar refractivity (Wildman–Crippen MR) is 69.4 cm³/mol. The normalized spacial score (nSPS) is 10.1. The van der Waals surface area contributed by atoms with Crippen molar-refractivity contribution in [3.63, 3.8) is 0 Å². The number of aromatic nitrogens is 1. The summed E-state index contributed by atoms with van der Waals surface area (Å²) in [7, 11) is 0. The van der Waals surface area contributed by atoms with Crippen LogP contribution in [0, 0.1) is 17.0 Å². The van der Waals surface area contributed by atoms with Crippen LogP contribution in [0.15, 0.2) is 42.7 Å². The fourth-order valence-corrected chi connectivity index (χ4v) is 1.64. The minimum Gasteiger partial charge on any atom is -0.380 e. The molecule has 1 heterocycles. The molecular formula is C13H13N3O2. The summed E-state index contributed by atoms with van der Waals surface area (Å²) in [6.45, 7) is 2.50. The number of hydrogen-bond donors (Lipinski definition) is 1. The third-order valence-electron chi connectivity index (χ3n) is 2.49. The number of nitrogens with zero attached hydrogens (tertiary/aromatic N) is 2. The van der Waals surface area contributed by atoms with E-state index >= 15 is 0 Å².